The van der Waals surface area contributed by atoms with Crippen molar-refractivity contribution in [2.75, 3.05) is 24.1 Å². The van der Waals surface area contributed by atoms with Crippen molar-refractivity contribution in [2.45, 2.75) is 62.4 Å². The fourth-order valence-corrected chi connectivity index (χ4v) is 6.04. The first kappa shape index (κ1) is 26.3. The van der Waals surface area contributed by atoms with Gasteiger partial charge in [0.2, 0.25) is 5.95 Å². The molecule has 3 aromatic rings. The van der Waals surface area contributed by atoms with Crippen LogP contribution in [0.15, 0.2) is 53.7 Å². The van der Waals surface area contributed by atoms with E-state index in [0.717, 1.165) is 42.5 Å². The summed E-state index contributed by atoms with van der Waals surface area (Å²) in [5.41, 5.74) is 2.84. The van der Waals surface area contributed by atoms with Crippen molar-refractivity contribution < 1.29 is 8.42 Å². The lowest BCUT2D eigenvalue weighted by atomic mass is 9.91. The van der Waals surface area contributed by atoms with Crippen molar-refractivity contribution in [1.29, 1.82) is 0 Å². The number of nitrogens with one attached hydrogen (secondary N) is 2. The molecule has 0 unspecified atom stereocenters. The average Bonchev–Trinajstić information content (AvgIpc) is 2.85. The van der Waals surface area contributed by atoms with E-state index in [4.69, 9.17) is 11.6 Å². The van der Waals surface area contributed by atoms with Gasteiger partial charge in [-0.3, -0.25) is 4.72 Å². The summed E-state index contributed by atoms with van der Waals surface area (Å²) in [7, 11) is 0.478. The summed E-state index contributed by atoms with van der Waals surface area (Å²) >= 11 is 6.05. The van der Waals surface area contributed by atoms with Crippen LogP contribution in [-0.2, 0) is 22.9 Å². The van der Waals surface area contributed by atoms with Crippen LogP contribution >= 0.6 is 11.6 Å². The second-order valence-electron chi connectivity index (χ2n) is 9.51. The van der Waals surface area contributed by atoms with Crippen LogP contribution < -0.4 is 10.0 Å². The molecule has 0 atom stereocenters. The van der Waals surface area contributed by atoms with E-state index in [-0.39, 0.29) is 15.7 Å². The van der Waals surface area contributed by atoms with E-state index in [1.807, 2.05) is 25.4 Å². The summed E-state index contributed by atoms with van der Waals surface area (Å²) in [5, 5.41) is 3.64. The second kappa shape index (κ2) is 11.5. The third-order valence-corrected chi connectivity index (χ3v) is 8.56. The standard InChI is InChI=1S/C26H33ClN6O2S/c1-18-20(10-15-25(30-18)32-36(34,35)24-7-5-4-6-23(24)27)9-8-19-16-28-26(29-17-19)31-21-11-13-22(14-12-21)33(2)3/h4-7,10,15-17,21-22H,8-9,11-14H2,1-3H3,(H,30,32)(H,28,29,31). The summed E-state index contributed by atoms with van der Waals surface area (Å²) in [6, 6.07) is 11.0. The topological polar surface area (TPSA) is 100 Å². The highest BCUT2D eigenvalue weighted by molar-refractivity contribution is 7.92. The molecule has 2 heterocycles. The molecular weight excluding hydrogens is 496 g/mol. The molecule has 1 aromatic carbocycles. The van der Waals surface area contributed by atoms with Crippen molar-refractivity contribution >= 4 is 33.4 Å². The molecule has 1 fully saturated rings. The average molecular weight is 529 g/mol. The van der Waals surface area contributed by atoms with Gasteiger partial charge in [-0.15, -0.1) is 0 Å². The van der Waals surface area contributed by atoms with Gasteiger partial charge in [0, 0.05) is 30.2 Å². The molecule has 1 saturated carbocycles. The van der Waals surface area contributed by atoms with E-state index >= 15 is 0 Å². The van der Waals surface area contributed by atoms with Gasteiger partial charge in [-0.25, -0.2) is 23.4 Å². The largest absolute Gasteiger partial charge is 0.351 e. The van der Waals surface area contributed by atoms with E-state index in [2.05, 4.69) is 44.0 Å². The molecule has 1 aliphatic carbocycles. The molecule has 10 heteroatoms. The molecule has 0 aliphatic heterocycles. The normalized spacial score (nSPS) is 18.2. The lowest BCUT2D eigenvalue weighted by Crippen LogP contribution is -2.36. The van der Waals surface area contributed by atoms with Gasteiger partial charge >= 0.3 is 0 Å². The minimum Gasteiger partial charge on any atom is -0.351 e. The van der Waals surface area contributed by atoms with Crippen molar-refractivity contribution in [1.82, 2.24) is 19.9 Å². The van der Waals surface area contributed by atoms with Gasteiger partial charge in [-0.05, 0) is 88.9 Å². The third-order valence-electron chi connectivity index (χ3n) is 6.71. The molecule has 0 spiro atoms. The van der Waals surface area contributed by atoms with Crippen LogP contribution in [0, 0.1) is 6.92 Å². The molecule has 192 valence electrons. The van der Waals surface area contributed by atoms with E-state index in [1.165, 1.54) is 18.9 Å². The summed E-state index contributed by atoms with van der Waals surface area (Å²) in [6.45, 7) is 1.87. The zero-order valence-corrected chi connectivity index (χ0v) is 22.5. The van der Waals surface area contributed by atoms with Gasteiger partial charge in [-0.1, -0.05) is 29.8 Å². The number of hydrogen-bond acceptors (Lipinski definition) is 7. The molecule has 8 nitrogen and oxygen atoms in total. The number of rotatable bonds is 9. The monoisotopic (exact) mass is 528 g/mol. The summed E-state index contributed by atoms with van der Waals surface area (Å²) in [6.07, 6.45) is 9.90. The fourth-order valence-electron chi connectivity index (χ4n) is 4.52. The number of hydrogen-bond donors (Lipinski definition) is 2. The number of benzene rings is 1. The lowest BCUT2D eigenvalue weighted by Gasteiger charge is -2.32. The van der Waals surface area contributed by atoms with E-state index < -0.39 is 10.0 Å². The van der Waals surface area contributed by atoms with E-state index in [0.29, 0.717) is 18.0 Å². The molecule has 0 amide bonds. The minimum atomic E-state index is -3.82. The predicted molar refractivity (Wildman–Crippen MR) is 144 cm³/mol. The highest BCUT2D eigenvalue weighted by Crippen LogP contribution is 2.25. The Bertz CT molecular complexity index is 1280. The number of aryl methyl sites for hydroxylation is 3. The molecule has 0 bridgehead atoms. The predicted octanol–water partition coefficient (Wildman–Crippen LogP) is 4.70. The van der Waals surface area contributed by atoms with Crippen LogP contribution in [0.3, 0.4) is 0 Å². The summed E-state index contributed by atoms with van der Waals surface area (Å²) in [5.74, 6) is 0.939. The molecule has 1 aliphatic rings. The Morgan fingerprint density at radius 2 is 1.69 bits per heavy atom. The zero-order chi connectivity index (χ0) is 25.7. The van der Waals surface area contributed by atoms with E-state index in [9.17, 15) is 8.42 Å². The number of aromatic nitrogens is 3. The van der Waals surface area contributed by atoms with Gasteiger partial charge < -0.3 is 10.2 Å². The SMILES string of the molecule is Cc1nc(NS(=O)(=O)c2ccccc2Cl)ccc1CCc1cnc(NC2CCC(N(C)C)CC2)nc1. The van der Waals surface area contributed by atoms with Crippen LogP contribution in [0.5, 0.6) is 0 Å². The van der Waals surface area contributed by atoms with Crippen LogP contribution in [0.2, 0.25) is 5.02 Å². The Kier molecular flexibility index (Phi) is 8.43. The van der Waals surface area contributed by atoms with Gasteiger partial charge in [-0.2, -0.15) is 0 Å². The Morgan fingerprint density at radius 1 is 1.00 bits per heavy atom. The van der Waals surface area contributed by atoms with Crippen molar-refractivity contribution in [2.24, 2.45) is 0 Å². The number of sulfonamides is 1. The van der Waals surface area contributed by atoms with Crippen LogP contribution in [0.4, 0.5) is 11.8 Å². The second-order valence-corrected chi connectivity index (χ2v) is 11.6. The van der Waals surface area contributed by atoms with Gasteiger partial charge in [0.15, 0.2) is 0 Å². The van der Waals surface area contributed by atoms with Crippen LogP contribution in [-0.4, -0.2) is 54.4 Å². The Morgan fingerprint density at radius 3 is 2.33 bits per heavy atom. The molecule has 0 radical (unpaired) electrons. The summed E-state index contributed by atoms with van der Waals surface area (Å²) in [4.78, 5) is 15.8. The first-order valence-electron chi connectivity index (χ1n) is 12.2. The highest BCUT2D eigenvalue weighted by atomic mass is 35.5. The smallest absolute Gasteiger partial charge is 0.264 e. The number of pyridine rings is 1. The molecule has 2 aromatic heterocycles. The quantitative estimate of drug-likeness (QED) is 0.415. The van der Waals surface area contributed by atoms with Crippen molar-refractivity contribution in [3.63, 3.8) is 0 Å². The number of nitrogens with zero attached hydrogens (tertiary/aromatic N) is 4. The van der Waals surface area contributed by atoms with Crippen LogP contribution in [0.25, 0.3) is 0 Å². The summed E-state index contributed by atoms with van der Waals surface area (Å²) < 4.78 is 27.8. The van der Waals surface area contributed by atoms with Crippen molar-refractivity contribution in [3.8, 4) is 0 Å². The molecule has 36 heavy (non-hydrogen) atoms. The zero-order valence-electron chi connectivity index (χ0n) is 20.9. The fraction of sp³-hybridized carbons (Fsp3) is 0.423. The Hall–Kier alpha value is -2.75. The van der Waals surface area contributed by atoms with Gasteiger partial charge in [0.05, 0.1) is 5.02 Å². The van der Waals surface area contributed by atoms with Crippen molar-refractivity contribution in [3.05, 3.63) is 70.6 Å². The highest BCUT2D eigenvalue weighted by Gasteiger charge is 2.23. The Balaban J connectivity index is 1.31. The maximum absolute atomic E-state index is 12.7. The van der Waals surface area contributed by atoms with Crippen LogP contribution in [0.1, 0.15) is 42.5 Å². The molecule has 2 N–H and O–H groups in total. The maximum Gasteiger partial charge on any atom is 0.264 e. The molecule has 0 saturated heterocycles. The number of halogens is 1. The minimum absolute atomic E-state index is 0.0226. The van der Waals surface area contributed by atoms with Gasteiger partial charge in [0.25, 0.3) is 10.0 Å². The lowest BCUT2D eigenvalue weighted by molar-refractivity contribution is 0.221. The Labute approximate surface area is 218 Å². The third kappa shape index (κ3) is 6.72. The number of anilines is 2. The first-order valence-corrected chi connectivity index (χ1v) is 14.0. The van der Waals surface area contributed by atoms with Gasteiger partial charge in [0.1, 0.15) is 10.7 Å². The first-order chi connectivity index (χ1) is 17.2. The molecular formula is C26H33ClN6O2S. The molecule has 4 rings (SSSR count). The van der Waals surface area contributed by atoms with E-state index in [1.54, 1.807) is 24.3 Å². The maximum atomic E-state index is 12.7.